The number of nitrogens with one attached hydrogen (secondary N) is 3. The first kappa shape index (κ1) is 14.0. The second kappa shape index (κ2) is 7.91. The summed E-state index contributed by atoms with van der Waals surface area (Å²) in [4.78, 5) is 8.42. The van der Waals surface area contributed by atoms with Crippen LogP contribution in [-0.2, 0) is 4.74 Å². The van der Waals surface area contributed by atoms with Crippen LogP contribution in [0.5, 0.6) is 0 Å². The molecule has 3 N–H and O–H groups in total. The van der Waals surface area contributed by atoms with Gasteiger partial charge in [0.1, 0.15) is 18.0 Å². The van der Waals surface area contributed by atoms with Crippen LogP contribution in [0.25, 0.3) is 0 Å². The Balaban J connectivity index is 1.74. The molecule has 0 amide bonds. The molecule has 0 radical (unpaired) electrons. The molecule has 19 heavy (non-hydrogen) atoms. The summed E-state index contributed by atoms with van der Waals surface area (Å²) < 4.78 is 5.57. The smallest absolute Gasteiger partial charge is 0.131 e. The van der Waals surface area contributed by atoms with E-state index in [2.05, 4.69) is 25.9 Å². The molecular formula is C13H23N5O. The van der Waals surface area contributed by atoms with Crippen molar-refractivity contribution in [2.24, 2.45) is 0 Å². The monoisotopic (exact) mass is 265 g/mol. The van der Waals surface area contributed by atoms with Crippen LogP contribution >= 0.6 is 0 Å². The van der Waals surface area contributed by atoms with E-state index in [1.54, 1.807) is 6.33 Å². The third kappa shape index (κ3) is 5.00. The summed E-state index contributed by atoms with van der Waals surface area (Å²) in [6.45, 7) is 3.61. The summed E-state index contributed by atoms with van der Waals surface area (Å²) in [6, 6.07) is 1.94. The molecule has 0 aromatic carbocycles. The van der Waals surface area contributed by atoms with E-state index in [1.807, 2.05) is 13.1 Å². The molecule has 1 unspecified atom stereocenters. The van der Waals surface area contributed by atoms with Crippen LogP contribution in [-0.4, -0.2) is 49.4 Å². The Kier molecular flexibility index (Phi) is 5.84. The van der Waals surface area contributed by atoms with Gasteiger partial charge in [0.2, 0.25) is 0 Å². The zero-order chi connectivity index (χ0) is 13.3. The van der Waals surface area contributed by atoms with Crippen LogP contribution in [0.2, 0.25) is 0 Å². The Labute approximate surface area is 114 Å². The SMILES string of the molecule is CNCCCNc1cc(NCC2CCCO2)ncn1. The highest BCUT2D eigenvalue weighted by molar-refractivity contribution is 5.46. The first-order valence-electron chi connectivity index (χ1n) is 6.94. The number of nitrogens with zero attached hydrogens (tertiary/aromatic N) is 2. The van der Waals surface area contributed by atoms with Gasteiger partial charge in [0.15, 0.2) is 0 Å². The highest BCUT2D eigenvalue weighted by Crippen LogP contribution is 2.14. The summed E-state index contributed by atoms with van der Waals surface area (Å²) in [5.41, 5.74) is 0. The topological polar surface area (TPSA) is 71.1 Å². The van der Waals surface area contributed by atoms with Crippen LogP contribution in [0.15, 0.2) is 12.4 Å². The van der Waals surface area contributed by atoms with E-state index in [0.717, 1.165) is 57.1 Å². The first-order chi connectivity index (χ1) is 9.38. The first-order valence-corrected chi connectivity index (χ1v) is 6.94. The molecule has 1 aliphatic rings. The lowest BCUT2D eigenvalue weighted by Gasteiger charge is -2.12. The molecule has 0 spiro atoms. The van der Waals surface area contributed by atoms with E-state index < -0.39 is 0 Å². The maximum absolute atomic E-state index is 5.57. The summed E-state index contributed by atoms with van der Waals surface area (Å²) in [5, 5.41) is 9.70. The van der Waals surface area contributed by atoms with Gasteiger partial charge >= 0.3 is 0 Å². The molecule has 1 atom stereocenters. The zero-order valence-corrected chi connectivity index (χ0v) is 11.5. The molecule has 1 aromatic rings. The van der Waals surface area contributed by atoms with Crippen molar-refractivity contribution in [3.8, 4) is 0 Å². The number of hydrogen-bond acceptors (Lipinski definition) is 6. The maximum atomic E-state index is 5.57. The fourth-order valence-electron chi connectivity index (χ4n) is 2.06. The molecule has 0 bridgehead atoms. The minimum absolute atomic E-state index is 0.321. The Morgan fingerprint density at radius 2 is 2.11 bits per heavy atom. The van der Waals surface area contributed by atoms with Gasteiger partial charge < -0.3 is 20.7 Å². The molecule has 106 valence electrons. The molecule has 2 rings (SSSR count). The van der Waals surface area contributed by atoms with Crippen LogP contribution in [0.1, 0.15) is 19.3 Å². The number of ether oxygens (including phenoxy) is 1. The fraction of sp³-hybridized carbons (Fsp3) is 0.692. The molecule has 1 fully saturated rings. The van der Waals surface area contributed by atoms with E-state index in [1.165, 1.54) is 0 Å². The highest BCUT2D eigenvalue weighted by Gasteiger charge is 2.14. The van der Waals surface area contributed by atoms with Crippen molar-refractivity contribution in [2.75, 3.05) is 43.9 Å². The minimum atomic E-state index is 0.321. The van der Waals surface area contributed by atoms with Crippen molar-refractivity contribution in [2.45, 2.75) is 25.4 Å². The van der Waals surface area contributed by atoms with Crippen molar-refractivity contribution in [1.29, 1.82) is 0 Å². The number of aromatic nitrogens is 2. The van der Waals surface area contributed by atoms with Crippen molar-refractivity contribution in [3.63, 3.8) is 0 Å². The van der Waals surface area contributed by atoms with Crippen molar-refractivity contribution in [1.82, 2.24) is 15.3 Å². The average Bonchev–Trinajstić information content (AvgIpc) is 2.95. The molecule has 0 saturated carbocycles. The number of rotatable bonds is 8. The van der Waals surface area contributed by atoms with E-state index in [9.17, 15) is 0 Å². The molecule has 1 aliphatic heterocycles. The van der Waals surface area contributed by atoms with Crippen LogP contribution in [0, 0.1) is 0 Å². The lowest BCUT2D eigenvalue weighted by atomic mass is 10.2. The van der Waals surface area contributed by atoms with Gasteiger partial charge in [-0.3, -0.25) is 0 Å². The summed E-state index contributed by atoms with van der Waals surface area (Å²) in [7, 11) is 1.96. The van der Waals surface area contributed by atoms with Gasteiger partial charge in [-0.15, -0.1) is 0 Å². The normalized spacial score (nSPS) is 18.5. The molecule has 1 saturated heterocycles. The highest BCUT2D eigenvalue weighted by atomic mass is 16.5. The molecule has 1 aromatic heterocycles. The average molecular weight is 265 g/mol. The van der Waals surface area contributed by atoms with E-state index in [-0.39, 0.29) is 0 Å². The largest absolute Gasteiger partial charge is 0.376 e. The van der Waals surface area contributed by atoms with Crippen LogP contribution in [0.4, 0.5) is 11.6 Å². The summed E-state index contributed by atoms with van der Waals surface area (Å²) >= 11 is 0. The van der Waals surface area contributed by atoms with E-state index in [4.69, 9.17) is 4.74 Å². The zero-order valence-electron chi connectivity index (χ0n) is 11.5. The van der Waals surface area contributed by atoms with E-state index in [0.29, 0.717) is 6.10 Å². The van der Waals surface area contributed by atoms with E-state index >= 15 is 0 Å². The predicted octanol–water partition coefficient (Wildman–Crippen LogP) is 1.09. The molecular weight excluding hydrogens is 242 g/mol. The fourth-order valence-corrected chi connectivity index (χ4v) is 2.06. The second-order valence-electron chi connectivity index (χ2n) is 4.69. The summed E-state index contributed by atoms with van der Waals surface area (Å²) in [5.74, 6) is 1.71. The van der Waals surface area contributed by atoms with Crippen LogP contribution < -0.4 is 16.0 Å². The van der Waals surface area contributed by atoms with Gasteiger partial charge in [-0.05, 0) is 32.9 Å². The lowest BCUT2D eigenvalue weighted by Crippen LogP contribution is -2.19. The van der Waals surface area contributed by atoms with Gasteiger partial charge in [-0.2, -0.15) is 0 Å². The standard InChI is InChI=1S/C13H23N5O/c1-14-5-3-6-15-12-8-13(18-10-17-12)16-9-11-4-2-7-19-11/h8,10-11,14H,2-7,9H2,1H3,(H2,15,16,17,18). The van der Waals surface area contributed by atoms with Gasteiger partial charge in [-0.25, -0.2) is 9.97 Å². The number of hydrogen-bond donors (Lipinski definition) is 3. The third-order valence-corrected chi connectivity index (χ3v) is 3.11. The summed E-state index contributed by atoms with van der Waals surface area (Å²) in [6.07, 6.45) is 5.26. The van der Waals surface area contributed by atoms with Crippen LogP contribution in [0.3, 0.4) is 0 Å². The molecule has 0 aliphatic carbocycles. The quantitative estimate of drug-likeness (QED) is 0.611. The Bertz CT molecular complexity index is 368. The predicted molar refractivity (Wildman–Crippen MR) is 76.5 cm³/mol. The molecule has 2 heterocycles. The van der Waals surface area contributed by atoms with Crippen molar-refractivity contribution in [3.05, 3.63) is 12.4 Å². The Morgan fingerprint density at radius 3 is 2.84 bits per heavy atom. The van der Waals surface area contributed by atoms with Gasteiger partial charge in [-0.1, -0.05) is 0 Å². The molecule has 6 heteroatoms. The minimum Gasteiger partial charge on any atom is -0.376 e. The maximum Gasteiger partial charge on any atom is 0.131 e. The van der Waals surface area contributed by atoms with Crippen molar-refractivity contribution >= 4 is 11.6 Å². The lowest BCUT2D eigenvalue weighted by molar-refractivity contribution is 0.120. The van der Waals surface area contributed by atoms with Gasteiger partial charge in [0, 0.05) is 25.8 Å². The number of anilines is 2. The Morgan fingerprint density at radius 1 is 1.26 bits per heavy atom. The van der Waals surface area contributed by atoms with Gasteiger partial charge in [0.25, 0.3) is 0 Å². The second-order valence-corrected chi connectivity index (χ2v) is 4.69. The Hall–Kier alpha value is -1.40. The third-order valence-electron chi connectivity index (χ3n) is 3.11. The molecule has 6 nitrogen and oxygen atoms in total. The van der Waals surface area contributed by atoms with Crippen molar-refractivity contribution < 1.29 is 4.74 Å². The van der Waals surface area contributed by atoms with Gasteiger partial charge in [0.05, 0.1) is 6.10 Å².